The van der Waals surface area contributed by atoms with Crippen molar-refractivity contribution in [1.82, 2.24) is 0 Å². The monoisotopic (exact) mass is 307 g/mol. The predicted octanol–water partition coefficient (Wildman–Crippen LogP) is 4.06. The zero-order chi connectivity index (χ0) is 14.9. The lowest BCUT2D eigenvalue weighted by Gasteiger charge is -2.37. The van der Waals surface area contributed by atoms with E-state index in [-0.39, 0.29) is 23.7 Å². The van der Waals surface area contributed by atoms with Gasteiger partial charge >= 0.3 is 6.18 Å². The molecule has 0 spiro atoms. The quantitative estimate of drug-likeness (QED) is 0.764. The molecule has 2 rings (SSSR count). The van der Waals surface area contributed by atoms with E-state index in [9.17, 15) is 13.2 Å². The highest BCUT2D eigenvalue weighted by atomic mass is 35.5. The number of nitrogens with zero attached hydrogens (tertiary/aromatic N) is 1. The van der Waals surface area contributed by atoms with Gasteiger partial charge in [0.2, 0.25) is 0 Å². The van der Waals surface area contributed by atoms with E-state index in [1.807, 2.05) is 18.7 Å². The Bertz CT molecular complexity index is 468. The van der Waals surface area contributed by atoms with Gasteiger partial charge in [-0.25, -0.2) is 0 Å². The molecule has 1 saturated heterocycles. The van der Waals surface area contributed by atoms with Gasteiger partial charge in [0, 0.05) is 24.7 Å². The second-order valence-corrected chi connectivity index (χ2v) is 5.40. The van der Waals surface area contributed by atoms with Crippen molar-refractivity contribution in [3.8, 4) is 0 Å². The third kappa shape index (κ3) is 3.38. The number of hydrogen-bond acceptors (Lipinski definition) is 2. The fourth-order valence-corrected chi connectivity index (χ4v) is 2.76. The van der Waals surface area contributed by atoms with Gasteiger partial charge in [0.05, 0.1) is 17.8 Å². The lowest BCUT2D eigenvalue weighted by Crippen LogP contribution is -2.45. The lowest BCUT2D eigenvalue weighted by atomic mass is 10.1. The summed E-state index contributed by atoms with van der Waals surface area (Å²) in [6.45, 7) is 5.00. The maximum Gasteiger partial charge on any atom is 0.416 e. The fourth-order valence-electron chi connectivity index (χ4n) is 2.53. The van der Waals surface area contributed by atoms with Crippen molar-refractivity contribution in [2.24, 2.45) is 0 Å². The van der Waals surface area contributed by atoms with Crippen LogP contribution >= 0.6 is 11.6 Å². The standard InChI is InChI=1S/C14H17ClF3NO/c1-9-7-19(8-10(2)20-9)12-4-3-11(6-15)13(5-12)14(16,17)18/h3-5,9-10H,6-8H2,1-2H3/t9-,10+. The van der Waals surface area contributed by atoms with E-state index in [4.69, 9.17) is 16.3 Å². The van der Waals surface area contributed by atoms with E-state index in [1.165, 1.54) is 12.1 Å². The van der Waals surface area contributed by atoms with Crippen molar-refractivity contribution >= 4 is 17.3 Å². The minimum atomic E-state index is -4.39. The van der Waals surface area contributed by atoms with Gasteiger partial charge in [-0.2, -0.15) is 13.2 Å². The van der Waals surface area contributed by atoms with Crippen LogP contribution in [0.25, 0.3) is 0 Å². The summed E-state index contributed by atoms with van der Waals surface area (Å²) in [6, 6.07) is 4.33. The van der Waals surface area contributed by atoms with Crippen molar-refractivity contribution in [3.05, 3.63) is 29.3 Å². The van der Waals surface area contributed by atoms with Crippen LogP contribution in [0.1, 0.15) is 25.0 Å². The molecule has 0 unspecified atom stereocenters. The molecule has 2 atom stereocenters. The number of benzene rings is 1. The minimum Gasteiger partial charge on any atom is -0.372 e. The molecule has 0 saturated carbocycles. The summed E-state index contributed by atoms with van der Waals surface area (Å²) in [5, 5.41) is 0. The first kappa shape index (κ1) is 15.4. The number of ether oxygens (including phenoxy) is 1. The number of alkyl halides is 4. The summed E-state index contributed by atoms with van der Waals surface area (Å²) < 4.78 is 44.7. The molecule has 0 N–H and O–H groups in total. The van der Waals surface area contributed by atoms with Gasteiger partial charge in [-0.15, -0.1) is 11.6 Å². The average Bonchev–Trinajstić information content (AvgIpc) is 2.35. The second-order valence-electron chi connectivity index (χ2n) is 5.14. The molecule has 1 aliphatic rings. The Hall–Kier alpha value is -0.940. The van der Waals surface area contributed by atoms with Gasteiger partial charge < -0.3 is 9.64 Å². The highest BCUT2D eigenvalue weighted by Gasteiger charge is 2.34. The number of halogens is 4. The maximum atomic E-state index is 13.0. The average molecular weight is 308 g/mol. The smallest absolute Gasteiger partial charge is 0.372 e. The van der Waals surface area contributed by atoms with Crippen LogP contribution in [0.2, 0.25) is 0 Å². The van der Waals surface area contributed by atoms with E-state index in [2.05, 4.69) is 0 Å². The Morgan fingerprint density at radius 3 is 2.35 bits per heavy atom. The minimum absolute atomic E-state index is 0.000732. The van der Waals surface area contributed by atoms with Crippen LogP contribution in [0.5, 0.6) is 0 Å². The molecular weight excluding hydrogens is 291 g/mol. The molecule has 1 aromatic carbocycles. The predicted molar refractivity (Wildman–Crippen MR) is 73.2 cm³/mol. The number of rotatable bonds is 2. The third-order valence-electron chi connectivity index (χ3n) is 3.33. The first-order valence-electron chi connectivity index (χ1n) is 6.47. The van der Waals surface area contributed by atoms with Gasteiger partial charge in [-0.3, -0.25) is 0 Å². The Kier molecular flexibility index (Phi) is 4.49. The van der Waals surface area contributed by atoms with Crippen molar-refractivity contribution in [2.75, 3.05) is 18.0 Å². The Morgan fingerprint density at radius 1 is 1.25 bits per heavy atom. The molecule has 0 amide bonds. The van der Waals surface area contributed by atoms with Crippen LogP contribution in [0, 0.1) is 0 Å². The molecule has 1 heterocycles. The molecule has 1 aliphatic heterocycles. The SMILES string of the molecule is C[C@@H]1CN(c2ccc(CCl)c(C(F)(F)F)c2)C[C@H](C)O1. The summed E-state index contributed by atoms with van der Waals surface area (Å²) in [4.78, 5) is 1.92. The molecule has 0 aliphatic carbocycles. The highest BCUT2D eigenvalue weighted by molar-refractivity contribution is 6.17. The topological polar surface area (TPSA) is 12.5 Å². The summed E-state index contributed by atoms with van der Waals surface area (Å²) in [6.07, 6.45) is -4.38. The zero-order valence-electron chi connectivity index (χ0n) is 11.4. The number of hydrogen-bond donors (Lipinski definition) is 0. The Balaban J connectivity index is 2.33. The summed E-state index contributed by atoms with van der Waals surface area (Å²) in [5.74, 6) is -0.148. The van der Waals surface area contributed by atoms with Gasteiger partial charge in [0.25, 0.3) is 0 Å². The van der Waals surface area contributed by atoms with E-state index >= 15 is 0 Å². The van der Waals surface area contributed by atoms with Gasteiger partial charge in [0.1, 0.15) is 0 Å². The van der Waals surface area contributed by atoms with E-state index in [0.29, 0.717) is 18.8 Å². The Labute approximate surface area is 121 Å². The molecule has 2 nitrogen and oxygen atoms in total. The third-order valence-corrected chi connectivity index (χ3v) is 3.62. The van der Waals surface area contributed by atoms with Crippen LogP contribution in [0.3, 0.4) is 0 Å². The molecule has 1 fully saturated rings. The van der Waals surface area contributed by atoms with Crippen molar-refractivity contribution < 1.29 is 17.9 Å². The van der Waals surface area contributed by atoms with E-state index < -0.39 is 11.7 Å². The summed E-state index contributed by atoms with van der Waals surface area (Å²) in [5.41, 5.74) is 0.0160. The fraction of sp³-hybridized carbons (Fsp3) is 0.571. The molecule has 0 radical (unpaired) electrons. The summed E-state index contributed by atoms with van der Waals surface area (Å²) in [7, 11) is 0. The van der Waals surface area contributed by atoms with Crippen LogP contribution in [0.15, 0.2) is 18.2 Å². The normalized spacial score (nSPS) is 24.0. The zero-order valence-corrected chi connectivity index (χ0v) is 12.1. The van der Waals surface area contributed by atoms with Crippen LogP contribution in [-0.2, 0) is 16.8 Å². The maximum absolute atomic E-state index is 13.0. The van der Waals surface area contributed by atoms with Gasteiger partial charge in [-0.1, -0.05) is 6.07 Å². The molecule has 1 aromatic rings. The van der Waals surface area contributed by atoms with Crippen LogP contribution < -0.4 is 4.90 Å². The van der Waals surface area contributed by atoms with E-state index in [1.54, 1.807) is 6.07 Å². The van der Waals surface area contributed by atoms with Crippen LogP contribution in [-0.4, -0.2) is 25.3 Å². The van der Waals surface area contributed by atoms with Crippen LogP contribution in [0.4, 0.5) is 18.9 Å². The number of anilines is 1. The van der Waals surface area contributed by atoms with Gasteiger partial charge in [0.15, 0.2) is 0 Å². The second kappa shape index (κ2) is 5.82. The summed E-state index contributed by atoms with van der Waals surface area (Å²) >= 11 is 5.59. The van der Waals surface area contributed by atoms with Crippen molar-refractivity contribution in [3.63, 3.8) is 0 Å². The molecular formula is C14H17ClF3NO. The molecule has 0 bridgehead atoms. The largest absolute Gasteiger partial charge is 0.416 e. The van der Waals surface area contributed by atoms with Gasteiger partial charge in [-0.05, 0) is 31.5 Å². The Morgan fingerprint density at radius 2 is 1.85 bits per heavy atom. The molecule has 112 valence electrons. The lowest BCUT2D eigenvalue weighted by molar-refractivity contribution is -0.138. The number of morpholine rings is 1. The first-order valence-corrected chi connectivity index (χ1v) is 7.01. The van der Waals surface area contributed by atoms with Crippen molar-refractivity contribution in [1.29, 1.82) is 0 Å². The highest BCUT2D eigenvalue weighted by Crippen LogP contribution is 2.35. The molecule has 6 heteroatoms. The first-order chi connectivity index (χ1) is 9.31. The molecule has 0 aromatic heterocycles. The molecule has 20 heavy (non-hydrogen) atoms. The van der Waals surface area contributed by atoms with Crippen molar-refractivity contribution in [2.45, 2.75) is 38.1 Å². The van der Waals surface area contributed by atoms with E-state index in [0.717, 1.165) is 0 Å².